The Morgan fingerprint density at radius 2 is 2.05 bits per heavy atom. The minimum atomic E-state index is -0.112. The number of hydrogen-bond donors (Lipinski definition) is 1. The van der Waals surface area contributed by atoms with E-state index in [0.717, 1.165) is 30.4 Å². The maximum atomic E-state index is 12.4. The lowest BCUT2D eigenvalue weighted by Gasteiger charge is -2.35. The average Bonchev–Trinajstić information content (AvgIpc) is 2.38. The molecular weight excluding hydrogens is 308 g/mol. The molecule has 0 spiro atoms. The van der Waals surface area contributed by atoms with Crippen molar-refractivity contribution in [2.45, 2.75) is 18.9 Å². The summed E-state index contributed by atoms with van der Waals surface area (Å²) in [6.07, 6.45) is 1.96. The largest absolute Gasteiger partial charge is 0.507 e. The van der Waals surface area contributed by atoms with Crippen molar-refractivity contribution in [3.8, 4) is 5.75 Å². The van der Waals surface area contributed by atoms with Gasteiger partial charge in [0.05, 0.1) is 5.56 Å². The molecule has 2 rings (SSSR count). The van der Waals surface area contributed by atoms with Gasteiger partial charge in [-0.1, -0.05) is 15.9 Å². The zero-order chi connectivity index (χ0) is 14.0. The number of nitrogens with zero attached hydrogens (tertiary/aromatic N) is 2. The minimum absolute atomic E-state index is 0.0270. The summed E-state index contributed by atoms with van der Waals surface area (Å²) in [7, 11) is 3.92. The molecule has 1 saturated heterocycles. The van der Waals surface area contributed by atoms with Gasteiger partial charge in [-0.3, -0.25) is 4.79 Å². The summed E-state index contributed by atoms with van der Waals surface area (Å²) in [5.41, 5.74) is 0.365. The fourth-order valence-corrected chi connectivity index (χ4v) is 2.77. The first kappa shape index (κ1) is 14.3. The van der Waals surface area contributed by atoms with Crippen LogP contribution in [0.3, 0.4) is 0 Å². The molecule has 1 aromatic rings. The number of phenolic OH excluding ortho intramolecular Hbond substituents is 1. The highest BCUT2D eigenvalue weighted by atomic mass is 79.9. The number of aromatic hydroxyl groups is 1. The van der Waals surface area contributed by atoms with Crippen molar-refractivity contribution in [3.63, 3.8) is 0 Å². The van der Waals surface area contributed by atoms with E-state index in [2.05, 4.69) is 27.9 Å². The van der Waals surface area contributed by atoms with Gasteiger partial charge in [0.15, 0.2) is 0 Å². The van der Waals surface area contributed by atoms with Crippen LogP contribution in [0.2, 0.25) is 0 Å². The van der Waals surface area contributed by atoms with Gasteiger partial charge in [0.1, 0.15) is 5.75 Å². The third kappa shape index (κ3) is 3.28. The van der Waals surface area contributed by atoms with Crippen LogP contribution in [0.4, 0.5) is 0 Å². The summed E-state index contributed by atoms with van der Waals surface area (Å²) in [5.74, 6) is -0.0845. The molecule has 0 aromatic heterocycles. The Kier molecular flexibility index (Phi) is 4.47. The Balaban J connectivity index is 2.10. The molecule has 0 radical (unpaired) electrons. The van der Waals surface area contributed by atoms with Gasteiger partial charge in [0, 0.05) is 17.6 Å². The molecule has 104 valence electrons. The zero-order valence-electron chi connectivity index (χ0n) is 11.3. The highest BCUT2D eigenvalue weighted by Crippen LogP contribution is 2.25. The van der Waals surface area contributed by atoms with Crippen LogP contribution in [0, 0.1) is 0 Å². The highest BCUT2D eigenvalue weighted by Gasteiger charge is 2.25. The Morgan fingerprint density at radius 3 is 2.63 bits per heavy atom. The molecule has 1 aliphatic heterocycles. The van der Waals surface area contributed by atoms with E-state index in [1.807, 2.05) is 7.05 Å². The van der Waals surface area contributed by atoms with Gasteiger partial charge in [-0.15, -0.1) is 0 Å². The molecule has 4 nitrogen and oxygen atoms in total. The van der Waals surface area contributed by atoms with E-state index in [0.29, 0.717) is 5.56 Å². The van der Waals surface area contributed by atoms with Crippen molar-refractivity contribution in [2.75, 3.05) is 27.2 Å². The summed E-state index contributed by atoms with van der Waals surface area (Å²) in [5, 5.41) is 9.87. The van der Waals surface area contributed by atoms with Crippen LogP contribution in [0.1, 0.15) is 23.2 Å². The minimum Gasteiger partial charge on any atom is -0.507 e. The van der Waals surface area contributed by atoms with Crippen molar-refractivity contribution in [2.24, 2.45) is 0 Å². The van der Waals surface area contributed by atoms with E-state index in [-0.39, 0.29) is 17.7 Å². The molecule has 0 bridgehead atoms. The van der Waals surface area contributed by atoms with Gasteiger partial charge in [-0.25, -0.2) is 0 Å². The second-order valence-corrected chi connectivity index (χ2v) is 6.03. The van der Waals surface area contributed by atoms with Gasteiger partial charge in [-0.2, -0.15) is 0 Å². The topological polar surface area (TPSA) is 43.8 Å². The Bertz CT molecular complexity index is 471. The number of amides is 1. The van der Waals surface area contributed by atoms with Crippen LogP contribution >= 0.6 is 15.9 Å². The molecule has 19 heavy (non-hydrogen) atoms. The summed E-state index contributed by atoms with van der Waals surface area (Å²) in [6, 6.07) is 5.24. The van der Waals surface area contributed by atoms with Crippen LogP contribution in [0.25, 0.3) is 0 Å². The van der Waals surface area contributed by atoms with E-state index in [4.69, 9.17) is 0 Å². The normalized spacial score (nSPS) is 17.4. The number of benzene rings is 1. The van der Waals surface area contributed by atoms with Crippen LogP contribution in [-0.4, -0.2) is 54.0 Å². The smallest absolute Gasteiger partial charge is 0.257 e. The summed E-state index contributed by atoms with van der Waals surface area (Å²) in [6.45, 7) is 2.02. The van der Waals surface area contributed by atoms with Crippen LogP contribution in [0.5, 0.6) is 5.75 Å². The Hall–Kier alpha value is -1.07. The first-order chi connectivity index (χ1) is 8.99. The fraction of sp³-hybridized carbons (Fsp3) is 0.500. The molecule has 1 amide bonds. The second-order valence-electron chi connectivity index (χ2n) is 5.11. The summed E-state index contributed by atoms with van der Waals surface area (Å²) < 4.78 is 0.767. The molecule has 1 aromatic carbocycles. The number of phenols is 1. The molecule has 0 unspecified atom stereocenters. The lowest BCUT2D eigenvalue weighted by atomic mass is 10.0. The fourth-order valence-electron chi connectivity index (χ4n) is 2.42. The van der Waals surface area contributed by atoms with E-state index < -0.39 is 0 Å². The molecule has 5 heteroatoms. The van der Waals surface area contributed by atoms with E-state index in [9.17, 15) is 9.90 Å². The molecule has 1 fully saturated rings. The van der Waals surface area contributed by atoms with Crippen molar-refractivity contribution in [1.82, 2.24) is 9.80 Å². The molecular formula is C14H19BrN2O2. The number of likely N-dealkylation sites (tertiary alicyclic amines) is 1. The number of carbonyl (C=O) groups excluding carboxylic acids is 1. The van der Waals surface area contributed by atoms with Crippen LogP contribution < -0.4 is 0 Å². The quantitative estimate of drug-likeness (QED) is 0.907. The second kappa shape index (κ2) is 5.92. The molecule has 1 N–H and O–H groups in total. The SMILES string of the molecule is CN1CCC(N(C)C(=O)c2ccc(Br)cc2O)CC1. The highest BCUT2D eigenvalue weighted by molar-refractivity contribution is 9.10. The standard InChI is InChI=1S/C14H19BrN2O2/c1-16-7-5-11(6-8-16)17(2)14(19)12-4-3-10(15)9-13(12)18/h3-4,9,11,18H,5-8H2,1-2H3. The van der Waals surface area contributed by atoms with Gasteiger partial charge in [0.2, 0.25) is 0 Å². The predicted molar refractivity (Wildman–Crippen MR) is 78.4 cm³/mol. The first-order valence-corrected chi connectivity index (χ1v) is 7.22. The molecule has 1 aliphatic rings. The zero-order valence-corrected chi connectivity index (χ0v) is 12.9. The van der Waals surface area contributed by atoms with Crippen molar-refractivity contribution < 1.29 is 9.90 Å². The maximum absolute atomic E-state index is 12.4. The third-order valence-corrected chi connectivity index (χ3v) is 4.24. The Morgan fingerprint density at radius 1 is 1.42 bits per heavy atom. The molecule has 0 atom stereocenters. The maximum Gasteiger partial charge on any atom is 0.257 e. The third-order valence-electron chi connectivity index (χ3n) is 3.75. The monoisotopic (exact) mass is 326 g/mol. The van der Waals surface area contributed by atoms with Gasteiger partial charge >= 0.3 is 0 Å². The summed E-state index contributed by atoms with van der Waals surface area (Å²) >= 11 is 3.28. The number of hydrogen-bond acceptors (Lipinski definition) is 3. The number of rotatable bonds is 2. The van der Waals surface area contributed by atoms with Crippen molar-refractivity contribution in [3.05, 3.63) is 28.2 Å². The Labute approximate surface area is 122 Å². The predicted octanol–water partition coefficient (Wildman–Crippen LogP) is 2.32. The van der Waals surface area contributed by atoms with Crippen molar-refractivity contribution >= 4 is 21.8 Å². The van der Waals surface area contributed by atoms with Crippen LogP contribution in [0.15, 0.2) is 22.7 Å². The van der Waals surface area contributed by atoms with Crippen molar-refractivity contribution in [1.29, 1.82) is 0 Å². The number of piperidine rings is 1. The lowest BCUT2D eigenvalue weighted by molar-refractivity contribution is 0.0656. The molecule has 1 heterocycles. The van der Waals surface area contributed by atoms with E-state index >= 15 is 0 Å². The van der Waals surface area contributed by atoms with Gasteiger partial charge < -0.3 is 14.9 Å². The van der Waals surface area contributed by atoms with E-state index in [1.54, 1.807) is 23.1 Å². The lowest BCUT2D eigenvalue weighted by Crippen LogP contribution is -2.44. The number of halogens is 1. The molecule has 0 saturated carbocycles. The van der Waals surface area contributed by atoms with Gasteiger partial charge in [-0.05, 0) is 51.2 Å². The van der Waals surface area contributed by atoms with E-state index in [1.165, 1.54) is 0 Å². The number of carbonyl (C=O) groups is 1. The van der Waals surface area contributed by atoms with Crippen LogP contribution in [-0.2, 0) is 0 Å². The van der Waals surface area contributed by atoms with Gasteiger partial charge in [0.25, 0.3) is 5.91 Å². The first-order valence-electron chi connectivity index (χ1n) is 6.43. The summed E-state index contributed by atoms with van der Waals surface area (Å²) in [4.78, 5) is 16.4. The average molecular weight is 327 g/mol. The molecule has 0 aliphatic carbocycles.